The summed E-state index contributed by atoms with van der Waals surface area (Å²) in [7, 11) is 0. The van der Waals surface area contributed by atoms with Crippen LogP contribution in [0.15, 0.2) is 30.3 Å². The van der Waals surface area contributed by atoms with Crippen LogP contribution >= 0.6 is 0 Å². The highest BCUT2D eigenvalue weighted by Crippen LogP contribution is 2.30. The summed E-state index contributed by atoms with van der Waals surface area (Å²) in [5.74, 6) is 1.43. The Hall–Kier alpha value is -2.29. The van der Waals surface area contributed by atoms with Crippen molar-refractivity contribution in [1.29, 1.82) is 0 Å². The maximum Gasteiger partial charge on any atom is 0.167 e. The number of hydrogen-bond acceptors (Lipinski definition) is 3. The van der Waals surface area contributed by atoms with Gasteiger partial charge >= 0.3 is 0 Å². The third-order valence-corrected chi connectivity index (χ3v) is 4.60. The Balaban J connectivity index is 2.36. The molecule has 0 heterocycles. The van der Waals surface area contributed by atoms with Gasteiger partial charge in [0.1, 0.15) is 18.1 Å². The molecule has 0 aliphatic rings. The molecular formula is C23H30O3. The maximum atomic E-state index is 11.2. The zero-order valence-electron chi connectivity index (χ0n) is 16.6. The van der Waals surface area contributed by atoms with Crippen molar-refractivity contribution in [3.05, 3.63) is 58.1 Å². The van der Waals surface area contributed by atoms with Gasteiger partial charge in [-0.15, -0.1) is 0 Å². The molecule has 0 spiro atoms. The Morgan fingerprint density at radius 1 is 1.19 bits per heavy atom. The first-order chi connectivity index (χ1) is 12.3. The fourth-order valence-electron chi connectivity index (χ4n) is 3.25. The van der Waals surface area contributed by atoms with Crippen LogP contribution in [-0.4, -0.2) is 17.5 Å². The summed E-state index contributed by atoms with van der Waals surface area (Å²) in [4.78, 5) is 11.2. The third-order valence-electron chi connectivity index (χ3n) is 4.60. The van der Waals surface area contributed by atoms with E-state index in [0.29, 0.717) is 5.75 Å². The average molecular weight is 354 g/mol. The summed E-state index contributed by atoms with van der Waals surface area (Å²) in [5, 5.41) is 10.1. The van der Waals surface area contributed by atoms with Crippen molar-refractivity contribution in [3.8, 4) is 11.5 Å². The summed E-state index contributed by atoms with van der Waals surface area (Å²) in [6.45, 7) is 10.1. The second kappa shape index (κ2) is 8.88. The molecule has 0 aromatic heterocycles. The fourth-order valence-corrected chi connectivity index (χ4v) is 3.25. The molecule has 0 bridgehead atoms. The first-order valence-electron chi connectivity index (χ1n) is 9.38. The number of ether oxygens (including phenoxy) is 1. The van der Waals surface area contributed by atoms with Crippen LogP contribution in [0.5, 0.6) is 11.5 Å². The SMILES string of the molecule is CCCc1cc(OCC(C)=O)cc(C)c1Cc1ccc(O)c(C(C)C)c1. The molecule has 0 radical (unpaired) electrons. The number of ketones is 1. The second-order valence-electron chi connectivity index (χ2n) is 7.34. The minimum Gasteiger partial charge on any atom is -0.508 e. The molecule has 3 nitrogen and oxygen atoms in total. The lowest BCUT2D eigenvalue weighted by Gasteiger charge is -2.17. The number of rotatable bonds is 8. The summed E-state index contributed by atoms with van der Waals surface area (Å²) in [5.41, 5.74) is 5.93. The molecule has 1 N–H and O–H groups in total. The van der Waals surface area contributed by atoms with E-state index in [1.165, 1.54) is 29.2 Å². The molecule has 0 saturated carbocycles. The van der Waals surface area contributed by atoms with Gasteiger partial charge in [-0.2, -0.15) is 0 Å². The molecule has 0 aliphatic carbocycles. The molecule has 2 aromatic rings. The zero-order chi connectivity index (χ0) is 19.3. The topological polar surface area (TPSA) is 46.5 Å². The number of aromatic hydroxyl groups is 1. The first kappa shape index (κ1) is 20.0. The van der Waals surface area contributed by atoms with E-state index in [1.807, 2.05) is 12.1 Å². The highest BCUT2D eigenvalue weighted by atomic mass is 16.5. The number of hydrogen-bond donors (Lipinski definition) is 1. The van der Waals surface area contributed by atoms with Crippen LogP contribution in [0.1, 0.15) is 67.9 Å². The molecular weight excluding hydrogens is 324 g/mol. The molecule has 2 aromatic carbocycles. The number of carbonyl (C=O) groups is 1. The molecule has 0 unspecified atom stereocenters. The van der Waals surface area contributed by atoms with E-state index >= 15 is 0 Å². The van der Waals surface area contributed by atoms with Crippen LogP contribution < -0.4 is 4.74 Å². The minimum absolute atomic E-state index is 0.0223. The van der Waals surface area contributed by atoms with Gasteiger partial charge in [0, 0.05) is 0 Å². The third kappa shape index (κ3) is 5.10. The Kier molecular flexibility index (Phi) is 6.84. The van der Waals surface area contributed by atoms with Crippen molar-refractivity contribution < 1.29 is 14.6 Å². The maximum absolute atomic E-state index is 11.2. The van der Waals surface area contributed by atoms with Gasteiger partial charge in [-0.25, -0.2) is 0 Å². The zero-order valence-corrected chi connectivity index (χ0v) is 16.6. The van der Waals surface area contributed by atoms with Crippen molar-refractivity contribution in [1.82, 2.24) is 0 Å². The average Bonchev–Trinajstić information content (AvgIpc) is 2.57. The van der Waals surface area contributed by atoms with E-state index in [0.717, 1.165) is 30.6 Å². The summed E-state index contributed by atoms with van der Waals surface area (Å²) < 4.78 is 5.62. The van der Waals surface area contributed by atoms with Crippen LogP contribution in [0.3, 0.4) is 0 Å². The normalized spacial score (nSPS) is 11.0. The van der Waals surface area contributed by atoms with Crippen molar-refractivity contribution in [2.75, 3.05) is 6.61 Å². The van der Waals surface area contributed by atoms with Crippen molar-refractivity contribution >= 4 is 5.78 Å². The van der Waals surface area contributed by atoms with E-state index in [-0.39, 0.29) is 18.3 Å². The molecule has 140 valence electrons. The lowest BCUT2D eigenvalue weighted by Crippen LogP contribution is -2.08. The van der Waals surface area contributed by atoms with Crippen LogP contribution in [0.2, 0.25) is 0 Å². The van der Waals surface area contributed by atoms with Crippen molar-refractivity contribution in [3.63, 3.8) is 0 Å². The van der Waals surface area contributed by atoms with E-state index in [4.69, 9.17) is 4.74 Å². The Labute approximate surface area is 157 Å². The monoisotopic (exact) mass is 354 g/mol. The van der Waals surface area contributed by atoms with Gasteiger partial charge in [0.2, 0.25) is 0 Å². The fraction of sp³-hybridized carbons (Fsp3) is 0.435. The van der Waals surface area contributed by atoms with Gasteiger partial charge in [0.25, 0.3) is 0 Å². The minimum atomic E-state index is 0.0223. The first-order valence-corrected chi connectivity index (χ1v) is 9.38. The predicted octanol–water partition coefficient (Wildman–Crippen LogP) is 5.34. The molecule has 0 saturated heterocycles. The van der Waals surface area contributed by atoms with Gasteiger partial charge in [-0.05, 0) is 78.6 Å². The van der Waals surface area contributed by atoms with Crippen molar-refractivity contribution in [2.24, 2.45) is 0 Å². The van der Waals surface area contributed by atoms with E-state index in [1.54, 1.807) is 6.07 Å². The van der Waals surface area contributed by atoms with Crippen LogP contribution in [0.25, 0.3) is 0 Å². The number of phenolic OH excluding ortho intramolecular Hbond substituents is 1. The van der Waals surface area contributed by atoms with E-state index in [2.05, 4.69) is 39.8 Å². The smallest absolute Gasteiger partial charge is 0.167 e. The van der Waals surface area contributed by atoms with Gasteiger partial charge in [0.15, 0.2) is 5.78 Å². The number of benzene rings is 2. The quantitative estimate of drug-likeness (QED) is 0.696. The van der Waals surface area contributed by atoms with E-state index in [9.17, 15) is 9.90 Å². The van der Waals surface area contributed by atoms with Gasteiger partial charge < -0.3 is 9.84 Å². The molecule has 2 rings (SSSR count). The number of Topliss-reactive ketones (excluding diaryl/α,β-unsaturated/α-hetero) is 1. The largest absolute Gasteiger partial charge is 0.508 e. The van der Waals surface area contributed by atoms with Crippen LogP contribution in [-0.2, 0) is 17.6 Å². The van der Waals surface area contributed by atoms with Crippen LogP contribution in [0.4, 0.5) is 0 Å². The molecule has 0 aliphatic heterocycles. The molecule has 26 heavy (non-hydrogen) atoms. The van der Waals surface area contributed by atoms with Crippen LogP contribution in [0, 0.1) is 6.92 Å². The molecule has 0 amide bonds. The standard InChI is InChI=1S/C23H30O3/c1-6-7-19-13-20(26-14-17(5)24)10-16(4)22(19)12-18-8-9-23(25)21(11-18)15(2)3/h8-11,13,15,25H,6-7,12,14H2,1-5H3. The Morgan fingerprint density at radius 2 is 1.92 bits per heavy atom. The Morgan fingerprint density at radius 3 is 2.54 bits per heavy atom. The molecule has 0 fully saturated rings. The van der Waals surface area contributed by atoms with Gasteiger partial charge in [-0.3, -0.25) is 4.79 Å². The lowest BCUT2D eigenvalue weighted by atomic mass is 9.91. The Bertz CT molecular complexity index is 775. The lowest BCUT2D eigenvalue weighted by molar-refractivity contribution is -0.118. The van der Waals surface area contributed by atoms with E-state index < -0.39 is 0 Å². The van der Waals surface area contributed by atoms with Crippen molar-refractivity contribution in [2.45, 2.75) is 59.8 Å². The number of carbonyl (C=O) groups excluding carboxylic acids is 1. The highest BCUT2D eigenvalue weighted by molar-refractivity contribution is 5.77. The van der Waals surface area contributed by atoms with Gasteiger partial charge in [0.05, 0.1) is 0 Å². The summed E-state index contributed by atoms with van der Waals surface area (Å²) in [6, 6.07) is 9.98. The highest BCUT2D eigenvalue weighted by Gasteiger charge is 2.12. The predicted molar refractivity (Wildman–Crippen MR) is 106 cm³/mol. The summed E-state index contributed by atoms with van der Waals surface area (Å²) in [6.07, 6.45) is 2.85. The molecule has 0 atom stereocenters. The number of aryl methyl sites for hydroxylation is 2. The number of phenols is 1. The summed E-state index contributed by atoms with van der Waals surface area (Å²) >= 11 is 0. The molecule has 3 heteroatoms. The van der Waals surface area contributed by atoms with Gasteiger partial charge in [-0.1, -0.05) is 39.3 Å². The second-order valence-corrected chi connectivity index (χ2v) is 7.34.